The molecule has 2 rings (SSSR count). The van der Waals surface area contributed by atoms with Crippen molar-refractivity contribution in [3.63, 3.8) is 0 Å². The van der Waals surface area contributed by atoms with Crippen LogP contribution < -0.4 is 0 Å². The van der Waals surface area contributed by atoms with E-state index in [4.69, 9.17) is 9.47 Å². The van der Waals surface area contributed by atoms with Crippen LogP contribution in [0, 0.1) is 17.8 Å². The molecule has 5 atom stereocenters. The summed E-state index contributed by atoms with van der Waals surface area (Å²) in [5.74, 6) is -2.05. The lowest BCUT2D eigenvalue weighted by Gasteiger charge is -2.26. The highest BCUT2D eigenvalue weighted by Gasteiger charge is 2.41. The first-order valence-electron chi connectivity index (χ1n) is 13.9. The van der Waals surface area contributed by atoms with E-state index < -0.39 is 43.4 Å². The SMILES string of the molecule is CC(C)OC(=O)CCCC=CC[C@@H]1[C@@H](CC[C@H](CCc2ccccc2)OC(=O)C(CO)CO)[C@H](O)C[C@H]1O. The van der Waals surface area contributed by atoms with Crippen molar-refractivity contribution in [2.45, 2.75) is 96.1 Å². The molecule has 1 aliphatic carbocycles. The second-order valence-corrected chi connectivity index (χ2v) is 10.6. The molecule has 0 unspecified atom stereocenters. The van der Waals surface area contributed by atoms with Gasteiger partial charge in [-0.25, -0.2) is 0 Å². The molecule has 1 aliphatic rings. The predicted molar refractivity (Wildman–Crippen MR) is 144 cm³/mol. The topological polar surface area (TPSA) is 134 Å². The van der Waals surface area contributed by atoms with Crippen LogP contribution in [0.25, 0.3) is 0 Å². The average molecular weight is 535 g/mol. The zero-order valence-electron chi connectivity index (χ0n) is 22.8. The Bertz CT molecular complexity index is 836. The highest BCUT2D eigenvalue weighted by molar-refractivity contribution is 5.72. The third-order valence-electron chi connectivity index (χ3n) is 7.19. The smallest absolute Gasteiger partial charge is 0.313 e. The first-order chi connectivity index (χ1) is 18.2. The number of aliphatic hydroxyl groups is 4. The second kappa shape index (κ2) is 17.4. The fourth-order valence-corrected chi connectivity index (χ4v) is 5.04. The van der Waals surface area contributed by atoms with Gasteiger partial charge in [0.2, 0.25) is 0 Å². The Morgan fingerprint density at radius 2 is 1.66 bits per heavy atom. The van der Waals surface area contributed by atoms with E-state index in [1.807, 2.05) is 56.3 Å². The third-order valence-corrected chi connectivity index (χ3v) is 7.19. The molecule has 1 saturated carbocycles. The van der Waals surface area contributed by atoms with Gasteiger partial charge in [0, 0.05) is 6.42 Å². The van der Waals surface area contributed by atoms with E-state index in [1.54, 1.807) is 0 Å². The summed E-state index contributed by atoms with van der Waals surface area (Å²) in [5.41, 5.74) is 1.12. The van der Waals surface area contributed by atoms with E-state index in [-0.39, 0.29) is 23.9 Å². The molecule has 0 heterocycles. The fourth-order valence-electron chi connectivity index (χ4n) is 5.04. The van der Waals surface area contributed by atoms with Crippen molar-refractivity contribution >= 4 is 11.9 Å². The molecule has 8 heteroatoms. The number of ether oxygens (including phenoxy) is 2. The minimum atomic E-state index is -0.974. The lowest BCUT2D eigenvalue weighted by Crippen LogP contribution is -2.30. The van der Waals surface area contributed by atoms with Crippen LogP contribution in [0.2, 0.25) is 0 Å². The van der Waals surface area contributed by atoms with Gasteiger partial charge < -0.3 is 29.9 Å². The number of hydrogen-bond acceptors (Lipinski definition) is 8. The lowest BCUT2D eigenvalue weighted by atomic mass is 9.85. The number of hydrogen-bond donors (Lipinski definition) is 4. The zero-order chi connectivity index (χ0) is 27.9. The monoisotopic (exact) mass is 534 g/mol. The highest BCUT2D eigenvalue weighted by atomic mass is 16.5. The standard InChI is InChI=1S/C30H46O8/c1-21(2)37-29(35)13-9-4-3-8-12-25-26(28(34)18-27(25)33)17-16-24(38-30(36)23(19-31)20-32)15-14-22-10-6-5-7-11-22/h3,5-8,10-11,21,23-28,31-34H,4,9,12-20H2,1-2H3/t24-,25+,26+,27+,28+/m0/s1. The van der Waals surface area contributed by atoms with Crippen LogP contribution in [0.1, 0.15) is 70.8 Å². The normalized spacial score (nSPS) is 22.3. The van der Waals surface area contributed by atoms with Gasteiger partial charge in [-0.05, 0) is 82.6 Å². The first-order valence-corrected chi connectivity index (χ1v) is 13.9. The summed E-state index contributed by atoms with van der Waals surface area (Å²) in [7, 11) is 0. The average Bonchev–Trinajstić information content (AvgIpc) is 3.15. The van der Waals surface area contributed by atoms with Crippen LogP contribution in [-0.2, 0) is 25.5 Å². The maximum atomic E-state index is 12.5. The number of esters is 2. The quantitative estimate of drug-likeness (QED) is 0.136. The van der Waals surface area contributed by atoms with Crippen molar-refractivity contribution in [2.75, 3.05) is 13.2 Å². The molecule has 1 aromatic rings. The predicted octanol–water partition coefficient (Wildman–Crippen LogP) is 3.34. The van der Waals surface area contributed by atoms with Gasteiger partial charge in [-0.2, -0.15) is 0 Å². The van der Waals surface area contributed by atoms with Crippen LogP contribution in [-0.4, -0.2) is 70.0 Å². The summed E-state index contributed by atoms with van der Waals surface area (Å²) in [5, 5.41) is 40.0. The molecule has 214 valence electrons. The van der Waals surface area contributed by atoms with Crippen molar-refractivity contribution < 1.29 is 39.5 Å². The van der Waals surface area contributed by atoms with Crippen LogP contribution in [0.4, 0.5) is 0 Å². The number of carbonyl (C=O) groups is 2. The summed E-state index contributed by atoms with van der Waals surface area (Å²) in [6.45, 7) is 2.68. The van der Waals surface area contributed by atoms with Crippen molar-refractivity contribution in [3.8, 4) is 0 Å². The lowest BCUT2D eigenvalue weighted by molar-refractivity contribution is -0.158. The number of unbranched alkanes of at least 4 members (excludes halogenated alkanes) is 1. The van der Waals surface area contributed by atoms with Crippen molar-refractivity contribution in [3.05, 3.63) is 48.0 Å². The number of rotatable bonds is 17. The first kappa shape index (κ1) is 32.0. The van der Waals surface area contributed by atoms with Gasteiger partial charge in [0.05, 0.1) is 31.5 Å². The molecule has 1 fully saturated rings. The molecular weight excluding hydrogens is 488 g/mol. The van der Waals surface area contributed by atoms with E-state index in [9.17, 15) is 30.0 Å². The summed E-state index contributed by atoms with van der Waals surface area (Å²) in [6.07, 6.45) is 7.31. The number of allylic oxidation sites excluding steroid dienone is 2. The molecule has 0 aromatic heterocycles. The molecule has 4 N–H and O–H groups in total. The number of aryl methyl sites for hydroxylation is 1. The van der Waals surface area contributed by atoms with Crippen LogP contribution in [0.3, 0.4) is 0 Å². The Balaban J connectivity index is 1.92. The molecule has 38 heavy (non-hydrogen) atoms. The Kier molecular flexibility index (Phi) is 14.6. The summed E-state index contributed by atoms with van der Waals surface area (Å²) in [4.78, 5) is 24.1. The summed E-state index contributed by atoms with van der Waals surface area (Å²) in [6, 6.07) is 9.87. The summed E-state index contributed by atoms with van der Waals surface area (Å²) < 4.78 is 10.8. The largest absolute Gasteiger partial charge is 0.463 e. The van der Waals surface area contributed by atoms with Gasteiger partial charge in [-0.3, -0.25) is 9.59 Å². The Morgan fingerprint density at radius 3 is 2.32 bits per heavy atom. The van der Waals surface area contributed by atoms with Gasteiger partial charge in [-0.15, -0.1) is 0 Å². The molecular formula is C30H46O8. The number of benzene rings is 1. The maximum Gasteiger partial charge on any atom is 0.313 e. The van der Waals surface area contributed by atoms with Crippen LogP contribution in [0.5, 0.6) is 0 Å². The van der Waals surface area contributed by atoms with E-state index >= 15 is 0 Å². The van der Waals surface area contributed by atoms with Gasteiger partial charge in [-0.1, -0.05) is 42.5 Å². The molecule has 0 amide bonds. The molecule has 0 radical (unpaired) electrons. The van der Waals surface area contributed by atoms with Crippen molar-refractivity contribution in [1.82, 2.24) is 0 Å². The highest BCUT2D eigenvalue weighted by Crippen LogP contribution is 2.39. The zero-order valence-corrected chi connectivity index (χ0v) is 22.8. The van der Waals surface area contributed by atoms with Crippen LogP contribution in [0.15, 0.2) is 42.5 Å². The minimum Gasteiger partial charge on any atom is -0.463 e. The van der Waals surface area contributed by atoms with E-state index in [0.29, 0.717) is 51.4 Å². The van der Waals surface area contributed by atoms with Gasteiger partial charge >= 0.3 is 11.9 Å². The second-order valence-electron chi connectivity index (χ2n) is 10.6. The van der Waals surface area contributed by atoms with Gasteiger partial charge in [0.15, 0.2) is 0 Å². The molecule has 8 nitrogen and oxygen atoms in total. The fraction of sp³-hybridized carbons (Fsp3) is 0.667. The Labute approximate surface area is 226 Å². The Morgan fingerprint density at radius 1 is 0.974 bits per heavy atom. The Hall–Kier alpha value is -2.26. The number of carbonyl (C=O) groups excluding carboxylic acids is 2. The van der Waals surface area contributed by atoms with Crippen LogP contribution >= 0.6 is 0 Å². The van der Waals surface area contributed by atoms with E-state index in [0.717, 1.165) is 12.0 Å². The van der Waals surface area contributed by atoms with E-state index in [1.165, 1.54) is 0 Å². The van der Waals surface area contributed by atoms with Crippen molar-refractivity contribution in [2.24, 2.45) is 17.8 Å². The van der Waals surface area contributed by atoms with Gasteiger partial charge in [0.1, 0.15) is 12.0 Å². The van der Waals surface area contributed by atoms with E-state index in [2.05, 4.69) is 0 Å². The third kappa shape index (κ3) is 11.2. The molecule has 0 bridgehead atoms. The minimum absolute atomic E-state index is 0.111. The van der Waals surface area contributed by atoms with Crippen molar-refractivity contribution in [1.29, 1.82) is 0 Å². The van der Waals surface area contributed by atoms with Gasteiger partial charge in [0.25, 0.3) is 0 Å². The summed E-state index contributed by atoms with van der Waals surface area (Å²) >= 11 is 0. The molecule has 0 saturated heterocycles. The molecule has 0 aliphatic heterocycles. The molecule has 0 spiro atoms. The number of aliphatic hydroxyl groups excluding tert-OH is 4. The molecule has 1 aromatic carbocycles. The maximum absolute atomic E-state index is 12.5.